The van der Waals surface area contributed by atoms with Crippen molar-refractivity contribution < 1.29 is 0 Å². The SMILES string of the molecule is c1ccc(-c2ccc(-c3nc(-c4ccc(-c5ccccc5)cc4)nc(-c4ccc(N5c6ccccc6Sc6ccccc65)cc4)n3)cc2)cc1.c1ccc(-c2ccc(-c3nc(-c4ccccc4)nc(-c4ccc(N5c6ccccc6Sc6ccccc65)cc4)n3)cc2)cc1.c1ccc(-c2nc(-c3ccccc3)nc(-c3ccc(N4c5ccccc5Sc5ccccc54)cc3)n2)cc1. The van der Waals surface area contributed by atoms with Crippen molar-refractivity contribution in [3.8, 4) is 136 Å². The minimum atomic E-state index is 0.630. The van der Waals surface area contributed by atoms with Gasteiger partial charge in [-0.3, -0.25) is 0 Å². The molecule has 3 aliphatic heterocycles. The molecule has 18 aromatic carbocycles. The van der Waals surface area contributed by atoms with E-state index in [9.17, 15) is 0 Å². The zero-order chi connectivity index (χ0) is 87.9. The fraction of sp³-hybridized carbons (Fsp3) is 0. The summed E-state index contributed by atoms with van der Waals surface area (Å²) in [4.78, 5) is 58.9. The average Bonchev–Trinajstić information content (AvgIpc) is 0.764. The number of nitrogens with zero attached hydrogens (tertiary/aromatic N) is 12. The largest absolute Gasteiger partial charge is 0.308 e. The number of benzene rings is 18. The number of fused-ring (bicyclic) bond motifs is 6. The van der Waals surface area contributed by atoms with E-state index in [4.69, 9.17) is 44.9 Å². The molecule has 3 aromatic heterocycles. The lowest BCUT2D eigenvalue weighted by atomic mass is 10.0. The third-order valence-electron chi connectivity index (χ3n) is 23.2. The number of anilines is 9. The molecular formula is C117H78N12S3. The number of hydrogen-bond donors (Lipinski definition) is 0. The zero-order valence-corrected chi connectivity index (χ0v) is 73.6. The van der Waals surface area contributed by atoms with Gasteiger partial charge in [-0.15, -0.1) is 0 Å². The second-order valence-corrected chi connectivity index (χ2v) is 34.9. The van der Waals surface area contributed by atoms with Crippen molar-refractivity contribution in [3.05, 3.63) is 473 Å². The fourth-order valence-electron chi connectivity index (χ4n) is 16.6. The van der Waals surface area contributed by atoms with E-state index in [1.54, 1.807) is 0 Å². The van der Waals surface area contributed by atoms with Crippen LogP contribution in [0.3, 0.4) is 0 Å². The smallest absolute Gasteiger partial charge is 0.164 e. The van der Waals surface area contributed by atoms with Crippen LogP contribution in [0.1, 0.15) is 0 Å². The Labute approximate surface area is 778 Å². The van der Waals surface area contributed by atoms with Crippen LogP contribution >= 0.6 is 35.3 Å². The Kier molecular flexibility index (Phi) is 22.8. The summed E-state index contributed by atoms with van der Waals surface area (Å²) in [6.07, 6.45) is 0. The molecule has 0 spiro atoms. The molecule has 24 rings (SSSR count). The van der Waals surface area contributed by atoms with E-state index in [1.165, 1.54) is 80.2 Å². The van der Waals surface area contributed by atoms with Gasteiger partial charge in [0.1, 0.15) is 0 Å². The second kappa shape index (κ2) is 37.0. The molecule has 12 nitrogen and oxygen atoms in total. The van der Waals surface area contributed by atoms with E-state index in [2.05, 4.69) is 379 Å². The fourth-order valence-corrected chi connectivity index (χ4v) is 19.8. The van der Waals surface area contributed by atoms with Gasteiger partial charge in [-0.2, -0.15) is 0 Å². The van der Waals surface area contributed by atoms with Crippen molar-refractivity contribution in [3.63, 3.8) is 0 Å². The Balaban J connectivity index is 0.000000117. The lowest BCUT2D eigenvalue weighted by Gasteiger charge is -2.32. The predicted octanol–water partition coefficient (Wildman–Crippen LogP) is 31.4. The first kappa shape index (κ1) is 81.2. The topological polar surface area (TPSA) is 126 Å². The van der Waals surface area contributed by atoms with Gasteiger partial charge < -0.3 is 14.7 Å². The molecule has 3 aliphatic rings. The molecule has 0 saturated heterocycles. The number of hydrogen-bond acceptors (Lipinski definition) is 15. The lowest BCUT2D eigenvalue weighted by molar-refractivity contribution is 1.07. The van der Waals surface area contributed by atoms with Crippen LogP contribution in [0.2, 0.25) is 0 Å². The van der Waals surface area contributed by atoms with Crippen LogP contribution < -0.4 is 14.7 Å². The summed E-state index contributed by atoms with van der Waals surface area (Å²) in [6.45, 7) is 0. The molecule has 0 saturated carbocycles. The number of rotatable bonds is 15. The molecule has 0 unspecified atom stereocenters. The maximum absolute atomic E-state index is 5.04. The Morgan fingerprint density at radius 3 is 0.409 bits per heavy atom. The average molecular weight is 1750 g/mol. The van der Waals surface area contributed by atoms with Crippen LogP contribution in [0.15, 0.2) is 503 Å². The van der Waals surface area contributed by atoms with Crippen LogP contribution in [0.5, 0.6) is 0 Å². The molecule has 0 aliphatic carbocycles. The molecule has 624 valence electrons. The highest BCUT2D eigenvalue weighted by atomic mass is 32.2. The van der Waals surface area contributed by atoms with Gasteiger partial charge in [0.15, 0.2) is 52.4 Å². The molecule has 21 aromatic rings. The van der Waals surface area contributed by atoms with Crippen LogP contribution in [0.25, 0.3) is 136 Å². The van der Waals surface area contributed by atoms with Crippen molar-refractivity contribution in [1.82, 2.24) is 44.9 Å². The monoisotopic (exact) mass is 1750 g/mol. The summed E-state index contributed by atoms with van der Waals surface area (Å²) >= 11 is 5.43. The molecule has 132 heavy (non-hydrogen) atoms. The van der Waals surface area contributed by atoms with Crippen molar-refractivity contribution in [2.75, 3.05) is 14.7 Å². The Bertz CT molecular complexity index is 7390. The van der Waals surface area contributed by atoms with Gasteiger partial charge in [0.05, 0.1) is 34.1 Å². The highest BCUT2D eigenvalue weighted by molar-refractivity contribution is 8.00. The normalized spacial score (nSPS) is 12.0. The molecule has 0 N–H and O–H groups in total. The standard InChI is InChI=1S/C45H30N4S.C39H26N4S.C33H22N4S/c1-3-11-31(12-4-1)33-19-23-35(24-20-33)43-46-44(36-25-21-34(22-26-36)32-13-5-2-6-14-32)48-45(47-43)37-27-29-38(30-28-37)49-39-15-7-9-17-41(39)50-42-18-10-8-16-40(42)49;1-3-11-27(12-4-1)28-19-21-30(22-20-28)38-40-37(29-13-5-2-6-14-29)41-39(42-38)31-23-25-32(26-24-31)43-33-15-7-9-17-35(33)44-36-18-10-8-16-34(36)43;1-3-11-23(12-4-1)31-34-32(24-13-5-2-6-14-24)36-33(35-31)25-19-21-26(22-20-25)37-27-15-7-9-17-29(27)38-30-18-10-8-16-28(30)37/h1-30H;1-26H;1-22H. The summed E-state index contributed by atoms with van der Waals surface area (Å²) in [6, 6.07) is 164. The summed E-state index contributed by atoms with van der Waals surface area (Å²) in [7, 11) is 0. The van der Waals surface area contributed by atoms with E-state index in [-0.39, 0.29) is 0 Å². The van der Waals surface area contributed by atoms with Gasteiger partial charge in [0, 0.05) is 96.5 Å². The first-order valence-corrected chi connectivity index (χ1v) is 46.1. The van der Waals surface area contributed by atoms with Gasteiger partial charge in [-0.05, 0) is 179 Å². The van der Waals surface area contributed by atoms with Crippen LogP contribution in [-0.2, 0) is 0 Å². The van der Waals surface area contributed by atoms with E-state index in [0.717, 1.165) is 83.8 Å². The molecule has 0 radical (unpaired) electrons. The van der Waals surface area contributed by atoms with Crippen molar-refractivity contribution in [1.29, 1.82) is 0 Å². The van der Waals surface area contributed by atoms with Gasteiger partial charge in [-0.1, -0.05) is 363 Å². The first-order valence-electron chi connectivity index (χ1n) is 43.6. The summed E-state index contributed by atoms with van der Waals surface area (Å²) in [5.74, 6) is 5.82. The minimum Gasteiger partial charge on any atom is -0.308 e. The van der Waals surface area contributed by atoms with Crippen LogP contribution in [0.4, 0.5) is 51.2 Å². The lowest BCUT2D eigenvalue weighted by Crippen LogP contribution is -2.14. The maximum atomic E-state index is 5.04. The van der Waals surface area contributed by atoms with Crippen LogP contribution in [-0.4, -0.2) is 44.9 Å². The Morgan fingerprint density at radius 2 is 0.235 bits per heavy atom. The van der Waals surface area contributed by atoms with Crippen molar-refractivity contribution in [2.24, 2.45) is 0 Å². The molecular weight excluding hydrogens is 1670 g/mol. The zero-order valence-electron chi connectivity index (χ0n) is 71.1. The molecule has 0 amide bonds. The quantitative estimate of drug-likeness (QED) is 0.0966. The number of aromatic nitrogens is 9. The van der Waals surface area contributed by atoms with E-state index in [1.807, 2.05) is 144 Å². The van der Waals surface area contributed by atoms with Crippen molar-refractivity contribution >= 4 is 86.5 Å². The maximum Gasteiger partial charge on any atom is 0.164 e. The Hall–Kier alpha value is -16.6. The molecule has 0 atom stereocenters. The molecule has 6 heterocycles. The van der Waals surface area contributed by atoms with E-state index < -0.39 is 0 Å². The first-order chi connectivity index (χ1) is 65.4. The van der Waals surface area contributed by atoms with Crippen molar-refractivity contribution in [2.45, 2.75) is 29.4 Å². The summed E-state index contributed by atoms with van der Waals surface area (Å²) < 4.78 is 0. The summed E-state index contributed by atoms with van der Waals surface area (Å²) in [5, 5.41) is 0. The molecule has 15 heteroatoms. The Morgan fingerprint density at radius 1 is 0.114 bits per heavy atom. The summed E-state index contributed by atoms with van der Waals surface area (Å²) in [5.41, 5.74) is 25.8. The van der Waals surface area contributed by atoms with Gasteiger partial charge in [0.2, 0.25) is 0 Å². The van der Waals surface area contributed by atoms with Gasteiger partial charge in [0.25, 0.3) is 0 Å². The van der Waals surface area contributed by atoms with E-state index >= 15 is 0 Å². The highest BCUT2D eigenvalue weighted by Gasteiger charge is 2.29. The molecule has 0 bridgehead atoms. The van der Waals surface area contributed by atoms with Gasteiger partial charge in [-0.25, -0.2) is 44.9 Å². The van der Waals surface area contributed by atoms with Gasteiger partial charge >= 0.3 is 0 Å². The second-order valence-electron chi connectivity index (χ2n) is 31.6. The predicted molar refractivity (Wildman–Crippen MR) is 541 cm³/mol. The third kappa shape index (κ3) is 17.1. The highest BCUT2D eigenvalue weighted by Crippen LogP contribution is 2.55. The molecule has 0 fully saturated rings. The van der Waals surface area contributed by atoms with Crippen LogP contribution in [0, 0.1) is 0 Å². The minimum absolute atomic E-state index is 0.630. The number of para-hydroxylation sites is 6. The third-order valence-corrected chi connectivity index (χ3v) is 26.6. The van der Waals surface area contributed by atoms with E-state index in [0.29, 0.717) is 52.4 Å².